The fourth-order valence-corrected chi connectivity index (χ4v) is 1.63. The molecule has 0 fully saturated rings. The molecule has 1 rings (SSSR count). The Morgan fingerprint density at radius 1 is 1.17 bits per heavy atom. The van der Waals surface area contributed by atoms with Crippen molar-refractivity contribution in [2.45, 2.75) is 60.5 Å². The quantitative estimate of drug-likeness (QED) is 0.876. The summed E-state index contributed by atoms with van der Waals surface area (Å²) in [7, 11) is 0. The van der Waals surface area contributed by atoms with Gasteiger partial charge in [0.1, 0.15) is 0 Å². The van der Waals surface area contributed by atoms with E-state index in [2.05, 4.69) is 69.3 Å². The highest BCUT2D eigenvalue weighted by Crippen LogP contribution is 2.30. The van der Waals surface area contributed by atoms with Gasteiger partial charge in [-0.05, 0) is 42.2 Å². The van der Waals surface area contributed by atoms with Crippen LogP contribution in [0.1, 0.15) is 66.4 Å². The maximum Gasteiger partial charge on any atom is 0.168 e. The van der Waals surface area contributed by atoms with Crippen molar-refractivity contribution in [2.24, 2.45) is 11.3 Å². The lowest BCUT2D eigenvalue weighted by Gasteiger charge is -2.28. The van der Waals surface area contributed by atoms with Crippen LogP contribution in [0.2, 0.25) is 0 Å². The third-order valence-corrected chi connectivity index (χ3v) is 3.36. The first kappa shape index (κ1) is 15.1. The van der Waals surface area contributed by atoms with Crippen LogP contribution in [0, 0.1) is 11.3 Å². The van der Waals surface area contributed by atoms with E-state index < -0.39 is 0 Å². The Labute approximate surface area is 110 Å². The minimum absolute atomic E-state index is 0.141. The largest absolute Gasteiger partial charge is 0.307 e. The summed E-state index contributed by atoms with van der Waals surface area (Å²) in [5, 5.41) is 15.6. The van der Waals surface area contributed by atoms with E-state index in [1.165, 1.54) is 0 Å². The first-order valence-corrected chi connectivity index (χ1v) is 6.74. The number of hydrogen-bond donors (Lipinski definition) is 1. The molecule has 5 nitrogen and oxygen atoms in total. The van der Waals surface area contributed by atoms with Gasteiger partial charge in [0, 0.05) is 0 Å². The molecule has 0 saturated heterocycles. The Balaban J connectivity index is 2.82. The van der Waals surface area contributed by atoms with Crippen LogP contribution in [0.3, 0.4) is 0 Å². The van der Waals surface area contributed by atoms with Gasteiger partial charge in [0.15, 0.2) is 5.82 Å². The molecule has 0 aliphatic carbocycles. The molecule has 1 aromatic rings. The van der Waals surface area contributed by atoms with Crippen molar-refractivity contribution in [3.05, 3.63) is 5.82 Å². The molecule has 0 spiro atoms. The molecule has 1 aromatic heterocycles. The SMILES string of the molecule is CC(C)CNC(C)c1nnnn1C(C)C(C)(C)C. The van der Waals surface area contributed by atoms with Gasteiger partial charge in [0.2, 0.25) is 0 Å². The van der Waals surface area contributed by atoms with Gasteiger partial charge in [0.25, 0.3) is 0 Å². The zero-order chi connectivity index (χ0) is 13.9. The van der Waals surface area contributed by atoms with E-state index in [1.54, 1.807) is 0 Å². The van der Waals surface area contributed by atoms with Crippen LogP contribution >= 0.6 is 0 Å². The van der Waals surface area contributed by atoms with Crippen LogP contribution in [-0.4, -0.2) is 26.8 Å². The van der Waals surface area contributed by atoms with Crippen LogP contribution in [0.5, 0.6) is 0 Å². The fraction of sp³-hybridized carbons (Fsp3) is 0.923. The van der Waals surface area contributed by atoms with Crippen LogP contribution in [0.15, 0.2) is 0 Å². The van der Waals surface area contributed by atoms with Crippen LogP contribution < -0.4 is 5.32 Å². The van der Waals surface area contributed by atoms with Gasteiger partial charge in [-0.3, -0.25) is 0 Å². The molecule has 5 heteroatoms. The Bertz CT molecular complexity index is 364. The first-order chi connectivity index (χ1) is 8.23. The Hall–Kier alpha value is -0.970. The van der Waals surface area contributed by atoms with Crippen molar-refractivity contribution in [1.29, 1.82) is 0 Å². The average molecular weight is 253 g/mol. The van der Waals surface area contributed by atoms with E-state index in [4.69, 9.17) is 0 Å². The predicted octanol–water partition coefficient (Wildman–Crippen LogP) is 2.59. The summed E-state index contributed by atoms with van der Waals surface area (Å²) in [6.07, 6.45) is 0. The van der Waals surface area contributed by atoms with Gasteiger partial charge in [-0.25, -0.2) is 4.68 Å². The highest BCUT2D eigenvalue weighted by atomic mass is 15.6. The van der Waals surface area contributed by atoms with Crippen LogP contribution in [0.4, 0.5) is 0 Å². The van der Waals surface area contributed by atoms with Gasteiger partial charge in [0.05, 0.1) is 12.1 Å². The van der Waals surface area contributed by atoms with Crippen molar-refractivity contribution >= 4 is 0 Å². The molecule has 2 unspecified atom stereocenters. The molecule has 0 radical (unpaired) electrons. The van der Waals surface area contributed by atoms with Crippen molar-refractivity contribution in [2.75, 3.05) is 6.54 Å². The number of rotatable bonds is 5. The molecule has 0 aliphatic rings. The summed E-state index contributed by atoms with van der Waals surface area (Å²) < 4.78 is 1.94. The monoisotopic (exact) mass is 253 g/mol. The van der Waals surface area contributed by atoms with E-state index in [-0.39, 0.29) is 17.5 Å². The molecular weight excluding hydrogens is 226 g/mol. The minimum atomic E-state index is 0.141. The summed E-state index contributed by atoms with van der Waals surface area (Å²) in [6, 6.07) is 0.443. The van der Waals surface area contributed by atoms with Crippen molar-refractivity contribution in [3.63, 3.8) is 0 Å². The zero-order valence-corrected chi connectivity index (χ0v) is 12.7. The highest BCUT2D eigenvalue weighted by Gasteiger charge is 2.27. The maximum atomic E-state index is 4.17. The third-order valence-electron chi connectivity index (χ3n) is 3.36. The number of nitrogens with zero attached hydrogens (tertiary/aromatic N) is 4. The minimum Gasteiger partial charge on any atom is -0.307 e. The Morgan fingerprint density at radius 3 is 2.28 bits per heavy atom. The molecule has 104 valence electrons. The Kier molecular flexibility index (Phi) is 4.85. The molecule has 0 aliphatic heterocycles. The third kappa shape index (κ3) is 3.77. The van der Waals surface area contributed by atoms with Crippen LogP contribution in [0.25, 0.3) is 0 Å². The van der Waals surface area contributed by atoms with Crippen molar-refractivity contribution < 1.29 is 0 Å². The van der Waals surface area contributed by atoms with Gasteiger partial charge in [-0.15, -0.1) is 5.10 Å². The number of nitrogens with one attached hydrogen (secondary N) is 1. The summed E-state index contributed by atoms with van der Waals surface area (Å²) in [6.45, 7) is 16.2. The van der Waals surface area contributed by atoms with E-state index in [0.29, 0.717) is 5.92 Å². The predicted molar refractivity (Wildman–Crippen MR) is 73.2 cm³/mol. The lowest BCUT2D eigenvalue weighted by Crippen LogP contribution is -2.30. The second-order valence-electron chi connectivity index (χ2n) is 6.55. The maximum absolute atomic E-state index is 4.17. The van der Waals surface area contributed by atoms with E-state index in [1.807, 2.05) is 4.68 Å². The topological polar surface area (TPSA) is 55.6 Å². The summed E-state index contributed by atoms with van der Waals surface area (Å²) in [4.78, 5) is 0. The van der Waals surface area contributed by atoms with Gasteiger partial charge >= 0.3 is 0 Å². The van der Waals surface area contributed by atoms with Gasteiger partial charge in [-0.2, -0.15) is 0 Å². The summed E-state index contributed by atoms with van der Waals surface area (Å²) >= 11 is 0. The number of aromatic nitrogens is 4. The van der Waals surface area contributed by atoms with E-state index >= 15 is 0 Å². The smallest absolute Gasteiger partial charge is 0.168 e. The second kappa shape index (κ2) is 5.78. The zero-order valence-electron chi connectivity index (χ0n) is 12.7. The van der Waals surface area contributed by atoms with E-state index in [0.717, 1.165) is 12.4 Å². The lowest BCUT2D eigenvalue weighted by atomic mass is 9.88. The molecule has 0 amide bonds. The van der Waals surface area contributed by atoms with Gasteiger partial charge in [-0.1, -0.05) is 34.6 Å². The summed E-state index contributed by atoms with van der Waals surface area (Å²) in [5.41, 5.74) is 0.141. The number of hydrogen-bond acceptors (Lipinski definition) is 4. The molecule has 0 bridgehead atoms. The van der Waals surface area contributed by atoms with Crippen molar-refractivity contribution in [3.8, 4) is 0 Å². The highest BCUT2D eigenvalue weighted by molar-refractivity contribution is 4.93. The molecule has 1 N–H and O–H groups in total. The molecule has 1 heterocycles. The lowest BCUT2D eigenvalue weighted by molar-refractivity contribution is 0.231. The average Bonchev–Trinajstić information content (AvgIpc) is 2.71. The molecule has 0 saturated carbocycles. The first-order valence-electron chi connectivity index (χ1n) is 6.74. The van der Waals surface area contributed by atoms with Crippen LogP contribution in [-0.2, 0) is 0 Å². The molecular formula is C13H27N5. The normalized spacial score (nSPS) is 16.0. The molecule has 2 atom stereocenters. The van der Waals surface area contributed by atoms with E-state index in [9.17, 15) is 0 Å². The standard InChI is InChI=1S/C13H27N5/c1-9(2)8-14-10(3)12-15-16-17-18(12)11(4)13(5,6)7/h9-11,14H,8H2,1-7H3. The second-order valence-corrected chi connectivity index (χ2v) is 6.55. The molecule has 18 heavy (non-hydrogen) atoms. The molecule has 0 aromatic carbocycles. The fourth-order valence-electron chi connectivity index (χ4n) is 1.63. The number of tetrazole rings is 1. The van der Waals surface area contributed by atoms with Gasteiger partial charge < -0.3 is 5.32 Å². The summed E-state index contributed by atoms with van der Waals surface area (Å²) in [5.74, 6) is 1.54. The van der Waals surface area contributed by atoms with Crippen molar-refractivity contribution in [1.82, 2.24) is 25.5 Å². The Morgan fingerprint density at radius 2 is 1.78 bits per heavy atom.